The van der Waals surface area contributed by atoms with Crippen molar-refractivity contribution in [2.75, 3.05) is 19.0 Å². The predicted molar refractivity (Wildman–Crippen MR) is 77.5 cm³/mol. The Labute approximate surface area is 117 Å². The third kappa shape index (κ3) is 2.37. The van der Waals surface area contributed by atoms with E-state index in [0.717, 1.165) is 25.1 Å². The maximum atomic E-state index is 12.5. The monoisotopic (exact) mass is 268 g/mol. The van der Waals surface area contributed by atoms with E-state index in [1.807, 2.05) is 18.2 Å². The second-order valence-electron chi connectivity index (χ2n) is 4.84. The fraction of sp³-hybridized carbons (Fsp3) is 0.250. The van der Waals surface area contributed by atoms with E-state index in [9.17, 15) is 4.79 Å². The Morgan fingerprint density at radius 3 is 3.00 bits per heavy atom. The summed E-state index contributed by atoms with van der Waals surface area (Å²) in [6.45, 7) is 1.00. The van der Waals surface area contributed by atoms with Crippen LogP contribution in [0.15, 0.2) is 36.7 Å². The minimum absolute atomic E-state index is 0.0234. The number of carbonyl (C=O) groups is 1. The molecule has 0 bridgehead atoms. The van der Waals surface area contributed by atoms with Gasteiger partial charge in [-0.25, -0.2) is 0 Å². The first-order valence-electron chi connectivity index (χ1n) is 6.68. The van der Waals surface area contributed by atoms with Crippen molar-refractivity contribution in [1.29, 1.82) is 0 Å². The average Bonchev–Trinajstić information content (AvgIpc) is 2.53. The van der Waals surface area contributed by atoms with Crippen LogP contribution in [0.5, 0.6) is 5.75 Å². The Bertz CT molecular complexity index is 653. The van der Waals surface area contributed by atoms with Gasteiger partial charge < -0.3 is 10.1 Å². The minimum atomic E-state index is -0.0234. The number of hydrogen-bond acceptors (Lipinski definition) is 4. The van der Waals surface area contributed by atoms with Crippen LogP contribution in [0.2, 0.25) is 0 Å². The lowest BCUT2D eigenvalue weighted by atomic mass is 9.97. The van der Waals surface area contributed by atoms with Gasteiger partial charge >= 0.3 is 0 Å². The summed E-state index contributed by atoms with van der Waals surface area (Å²) in [5.41, 5.74) is 3.59. The molecule has 3 rings (SSSR count). The molecule has 0 saturated carbocycles. The molecule has 0 saturated heterocycles. The summed E-state index contributed by atoms with van der Waals surface area (Å²) in [4.78, 5) is 16.5. The highest BCUT2D eigenvalue weighted by Crippen LogP contribution is 2.24. The predicted octanol–water partition coefficient (Wildman–Crippen LogP) is 2.68. The molecule has 0 aliphatic carbocycles. The largest absolute Gasteiger partial charge is 0.495 e. The Morgan fingerprint density at radius 1 is 1.25 bits per heavy atom. The number of nitrogens with zero attached hydrogens (tertiary/aromatic N) is 1. The van der Waals surface area contributed by atoms with Crippen molar-refractivity contribution >= 4 is 11.5 Å². The van der Waals surface area contributed by atoms with Gasteiger partial charge in [0.15, 0.2) is 5.78 Å². The fourth-order valence-corrected chi connectivity index (χ4v) is 2.44. The van der Waals surface area contributed by atoms with Crippen LogP contribution in [-0.4, -0.2) is 24.4 Å². The molecule has 1 aliphatic heterocycles. The second kappa shape index (κ2) is 5.33. The molecule has 1 aromatic heterocycles. The first-order valence-corrected chi connectivity index (χ1v) is 6.68. The lowest BCUT2D eigenvalue weighted by Crippen LogP contribution is -2.13. The van der Waals surface area contributed by atoms with Crippen LogP contribution >= 0.6 is 0 Å². The molecule has 1 aliphatic rings. The van der Waals surface area contributed by atoms with E-state index in [1.54, 1.807) is 25.6 Å². The number of benzene rings is 1. The zero-order chi connectivity index (χ0) is 13.9. The number of ketones is 1. The van der Waals surface area contributed by atoms with E-state index >= 15 is 0 Å². The van der Waals surface area contributed by atoms with Crippen molar-refractivity contribution in [3.8, 4) is 5.75 Å². The van der Waals surface area contributed by atoms with Gasteiger partial charge in [-0.15, -0.1) is 0 Å². The Hall–Kier alpha value is -2.36. The van der Waals surface area contributed by atoms with Gasteiger partial charge in [-0.05, 0) is 42.7 Å². The molecule has 1 aromatic carbocycles. The van der Waals surface area contributed by atoms with E-state index in [1.165, 1.54) is 5.56 Å². The summed E-state index contributed by atoms with van der Waals surface area (Å²) in [6.07, 6.45) is 5.28. The number of carbonyl (C=O) groups excluding carboxylic acids is 1. The summed E-state index contributed by atoms with van der Waals surface area (Å²) in [7, 11) is 1.57. The minimum Gasteiger partial charge on any atom is -0.495 e. The number of rotatable bonds is 3. The summed E-state index contributed by atoms with van der Waals surface area (Å²) in [6, 6.07) is 7.53. The van der Waals surface area contributed by atoms with Gasteiger partial charge in [0.1, 0.15) is 5.75 Å². The maximum absolute atomic E-state index is 12.5. The van der Waals surface area contributed by atoms with Crippen molar-refractivity contribution in [1.82, 2.24) is 4.98 Å². The third-order valence-electron chi connectivity index (χ3n) is 3.52. The number of aromatic nitrogens is 1. The number of methoxy groups -OCH3 is 1. The Morgan fingerprint density at radius 2 is 2.15 bits per heavy atom. The van der Waals surface area contributed by atoms with Crippen molar-refractivity contribution in [2.45, 2.75) is 12.8 Å². The number of nitrogens with one attached hydrogen (secondary N) is 1. The van der Waals surface area contributed by atoms with Gasteiger partial charge in [0.25, 0.3) is 0 Å². The molecule has 2 heterocycles. The SMILES string of the molecule is COc1cncc(C(=O)c2ccc3c(c2)CCCN3)c1. The van der Waals surface area contributed by atoms with Gasteiger partial charge in [-0.2, -0.15) is 0 Å². The van der Waals surface area contributed by atoms with Gasteiger partial charge in [0.05, 0.1) is 13.3 Å². The quantitative estimate of drug-likeness (QED) is 0.870. The fourth-order valence-electron chi connectivity index (χ4n) is 2.44. The van der Waals surface area contributed by atoms with Crippen molar-refractivity contribution in [2.24, 2.45) is 0 Å². The smallest absolute Gasteiger partial charge is 0.194 e. The molecule has 0 unspecified atom stereocenters. The number of hydrogen-bond donors (Lipinski definition) is 1. The van der Waals surface area contributed by atoms with Crippen LogP contribution in [0, 0.1) is 0 Å². The zero-order valence-corrected chi connectivity index (χ0v) is 11.3. The highest BCUT2D eigenvalue weighted by molar-refractivity contribution is 6.09. The van der Waals surface area contributed by atoms with Gasteiger partial charge in [0.2, 0.25) is 0 Å². The summed E-state index contributed by atoms with van der Waals surface area (Å²) < 4.78 is 5.11. The summed E-state index contributed by atoms with van der Waals surface area (Å²) in [5.74, 6) is 0.570. The first-order chi connectivity index (χ1) is 9.78. The molecular formula is C16H16N2O2. The van der Waals surface area contributed by atoms with Gasteiger partial charge in [-0.1, -0.05) is 0 Å². The van der Waals surface area contributed by atoms with Crippen LogP contribution in [0.25, 0.3) is 0 Å². The molecule has 20 heavy (non-hydrogen) atoms. The lowest BCUT2D eigenvalue weighted by molar-refractivity contribution is 0.103. The van der Waals surface area contributed by atoms with Gasteiger partial charge in [-0.3, -0.25) is 9.78 Å². The van der Waals surface area contributed by atoms with Crippen molar-refractivity contribution in [3.63, 3.8) is 0 Å². The van der Waals surface area contributed by atoms with E-state index in [0.29, 0.717) is 16.9 Å². The second-order valence-corrected chi connectivity index (χ2v) is 4.84. The van der Waals surface area contributed by atoms with Crippen LogP contribution in [0.3, 0.4) is 0 Å². The Balaban J connectivity index is 1.93. The number of pyridine rings is 1. The highest BCUT2D eigenvalue weighted by Gasteiger charge is 2.14. The van der Waals surface area contributed by atoms with E-state index in [4.69, 9.17) is 4.74 Å². The van der Waals surface area contributed by atoms with Crippen molar-refractivity contribution < 1.29 is 9.53 Å². The number of anilines is 1. The van der Waals surface area contributed by atoms with Crippen LogP contribution in [-0.2, 0) is 6.42 Å². The van der Waals surface area contributed by atoms with Crippen LogP contribution in [0.1, 0.15) is 27.9 Å². The number of fused-ring (bicyclic) bond motifs is 1. The zero-order valence-electron chi connectivity index (χ0n) is 11.3. The topological polar surface area (TPSA) is 51.2 Å². The molecule has 0 spiro atoms. The van der Waals surface area contributed by atoms with Crippen molar-refractivity contribution in [3.05, 3.63) is 53.3 Å². The van der Waals surface area contributed by atoms with E-state index < -0.39 is 0 Å². The maximum Gasteiger partial charge on any atom is 0.194 e. The molecule has 0 fully saturated rings. The van der Waals surface area contributed by atoms with E-state index in [-0.39, 0.29) is 5.78 Å². The third-order valence-corrected chi connectivity index (χ3v) is 3.52. The lowest BCUT2D eigenvalue weighted by Gasteiger charge is -2.18. The molecule has 1 N–H and O–H groups in total. The molecule has 0 radical (unpaired) electrons. The number of ether oxygens (including phenoxy) is 1. The molecule has 4 nitrogen and oxygen atoms in total. The van der Waals surface area contributed by atoms with Gasteiger partial charge in [0, 0.05) is 29.6 Å². The average molecular weight is 268 g/mol. The molecular weight excluding hydrogens is 252 g/mol. The standard InChI is InChI=1S/C16H16N2O2/c1-20-14-8-13(9-17-10-14)16(19)12-4-5-15-11(7-12)3-2-6-18-15/h4-5,7-10,18H,2-3,6H2,1H3. The van der Waals surface area contributed by atoms with Crippen LogP contribution < -0.4 is 10.1 Å². The summed E-state index contributed by atoms with van der Waals surface area (Å²) in [5, 5.41) is 3.34. The molecule has 0 atom stereocenters. The molecule has 4 heteroatoms. The van der Waals surface area contributed by atoms with Crippen LogP contribution in [0.4, 0.5) is 5.69 Å². The molecule has 0 amide bonds. The highest BCUT2D eigenvalue weighted by atomic mass is 16.5. The normalized spacial score (nSPS) is 13.2. The van der Waals surface area contributed by atoms with E-state index in [2.05, 4.69) is 10.3 Å². The Kier molecular flexibility index (Phi) is 3.37. The molecule has 102 valence electrons. The molecule has 2 aromatic rings. The number of aryl methyl sites for hydroxylation is 1. The summed E-state index contributed by atoms with van der Waals surface area (Å²) >= 11 is 0. The first kappa shape index (κ1) is 12.7.